The van der Waals surface area contributed by atoms with Crippen molar-refractivity contribution in [2.45, 2.75) is 6.42 Å². The number of halogens is 3. The minimum atomic E-state index is -0.470. The van der Waals surface area contributed by atoms with Gasteiger partial charge in [0.15, 0.2) is 0 Å². The topological polar surface area (TPSA) is 64.1 Å². The van der Waals surface area contributed by atoms with E-state index >= 15 is 0 Å². The van der Waals surface area contributed by atoms with E-state index in [4.69, 9.17) is 23.2 Å². The first kappa shape index (κ1) is 18.4. The predicted molar refractivity (Wildman–Crippen MR) is 100 cm³/mol. The zero-order chi connectivity index (χ0) is 18.7. The third-order valence-corrected chi connectivity index (χ3v) is 4.56. The Morgan fingerprint density at radius 2 is 2.00 bits per heavy atom. The molecule has 0 aliphatic rings. The lowest BCUT2D eigenvalue weighted by molar-refractivity contribution is -0.140. The van der Waals surface area contributed by atoms with E-state index in [1.165, 1.54) is 19.5 Å². The second-order valence-corrected chi connectivity index (χ2v) is 6.24. The molecule has 0 radical (unpaired) electrons. The summed E-state index contributed by atoms with van der Waals surface area (Å²) in [5, 5.41) is 4.35. The van der Waals surface area contributed by atoms with Crippen molar-refractivity contribution in [3.8, 4) is 11.1 Å². The Hall–Kier alpha value is -2.44. The molecular weight excluding hydrogens is 380 g/mol. The average molecular weight is 394 g/mol. The van der Waals surface area contributed by atoms with Crippen molar-refractivity contribution < 1.29 is 13.9 Å². The minimum absolute atomic E-state index is 0.152. The van der Waals surface area contributed by atoms with Crippen molar-refractivity contribution in [3.05, 3.63) is 52.5 Å². The number of nitrogens with one attached hydrogen (secondary N) is 1. The van der Waals surface area contributed by atoms with E-state index in [2.05, 4.69) is 20.0 Å². The second kappa shape index (κ2) is 7.85. The smallest absolute Gasteiger partial charge is 0.307 e. The highest BCUT2D eigenvalue weighted by molar-refractivity contribution is 6.42. The predicted octanol–water partition coefficient (Wildman–Crippen LogP) is 4.72. The average Bonchev–Trinajstić information content (AvgIpc) is 2.64. The number of methoxy groups -OCH3 is 1. The Kier molecular flexibility index (Phi) is 5.54. The largest absolute Gasteiger partial charge is 0.469 e. The molecule has 0 bridgehead atoms. The third kappa shape index (κ3) is 3.71. The van der Waals surface area contributed by atoms with Gasteiger partial charge in [-0.1, -0.05) is 35.3 Å². The summed E-state index contributed by atoms with van der Waals surface area (Å²) in [7, 11) is 1.32. The number of carbonyl (C=O) groups excluding carboxylic acids is 1. The van der Waals surface area contributed by atoms with Crippen LogP contribution in [0.3, 0.4) is 0 Å². The van der Waals surface area contributed by atoms with E-state index in [0.29, 0.717) is 26.8 Å². The van der Waals surface area contributed by atoms with Crippen LogP contribution in [0.5, 0.6) is 0 Å². The first-order valence-electron chi connectivity index (χ1n) is 7.70. The number of aromatic nitrogens is 2. The highest BCUT2D eigenvalue weighted by atomic mass is 35.5. The number of carbonyl (C=O) groups is 1. The SMILES string of the molecule is COC(=O)CCNc1ncnc2c(F)ccc(-c3ccc(Cl)c(Cl)c3)c12. The number of benzene rings is 2. The fourth-order valence-corrected chi connectivity index (χ4v) is 2.86. The molecular formula is C18H14Cl2FN3O2. The van der Waals surface area contributed by atoms with Gasteiger partial charge in [0.2, 0.25) is 0 Å². The van der Waals surface area contributed by atoms with E-state index in [1.807, 2.05) is 0 Å². The van der Waals surface area contributed by atoms with Gasteiger partial charge < -0.3 is 10.1 Å². The normalized spacial score (nSPS) is 10.8. The van der Waals surface area contributed by atoms with Gasteiger partial charge in [-0.15, -0.1) is 0 Å². The molecule has 2 aromatic carbocycles. The fourth-order valence-electron chi connectivity index (χ4n) is 2.56. The minimum Gasteiger partial charge on any atom is -0.469 e. The van der Waals surface area contributed by atoms with Crippen molar-refractivity contribution in [2.75, 3.05) is 19.0 Å². The molecule has 26 heavy (non-hydrogen) atoms. The van der Waals surface area contributed by atoms with Crippen LogP contribution in [0, 0.1) is 5.82 Å². The molecule has 0 aliphatic heterocycles. The number of hydrogen-bond acceptors (Lipinski definition) is 5. The maximum atomic E-state index is 14.3. The summed E-state index contributed by atoms with van der Waals surface area (Å²) in [4.78, 5) is 19.5. The van der Waals surface area contributed by atoms with E-state index in [9.17, 15) is 9.18 Å². The molecule has 3 aromatic rings. The number of ether oxygens (including phenoxy) is 1. The van der Waals surface area contributed by atoms with E-state index in [0.717, 1.165) is 5.56 Å². The molecule has 5 nitrogen and oxygen atoms in total. The molecule has 0 saturated carbocycles. The van der Waals surface area contributed by atoms with Crippen molar-refractivity contribution in [3.63, 3.8) is 0 Å². The second-order valence-electron chi connectivity index (χ2n) is 5.42. The molecule has 0 amide bonds. The molecule has 0 aliphatic carbocycles. The summed E-state index contributed by atoms with van der Waals surface area (Å²) in [5.41, 5.74) is 1.61. The summed E-state index contributed by atoms with van der Waals surface area (Å²) in [5.74, 6) is -0.409. The van der Waals surface area contributed by atoms with Gasteiger partial charge in [-0.05, 0) is 29.3 Å². The zero-order valence-corrected chi connectivity index (χ0v) is 15.2. The van der Waals surface area contributed by atoms with Crippen LogP contribution >= 0.6 is 23.2 Å². The first-order chi connectivity index (χ1) is 12.5. The van der Waals surface area contributed by atoms with Crippen LogP contribution in [0.15, 0.2) is 36.7 Å². The van der Waals surface area contributed by atoms with E-state index in [-0.39, 0.29) is 24.5 Å². The van der Waals surface area contributed by atoms with E-state index in [1.54, 1.807) is 24.3 Å². The van der Waals surface area contributed by atoms with Gasteiger partial charge in [-0.3, -0.25) is 4.79 Å². The van der Waals surface area contributed by atoms with E-state index < -0.39 is 5.82 Å². The van der Waals surface area contributed by atoms with Crippen LogP contribution in [0.1, 0.15) is 6.42 Å². The number of esters is 1. The van der Waals surface area contributed by atoms with Gasteiger partial charge in [0, 0.05) is 6.54 Å². The van der Waals surface area contributed by atoms with Crippen LogP contribution in [-0.4, -0.2) is 29.6 Å². The monoisotopic (exact) mass is 393 g/mol. The van der Waals surface area contributed by atoms with Crippen LogP contribution in [0.4, 0.5) is 10.2 Å². The number of anilines is 1. The standard InChI is InChI=1S/C18H14Cl2FN3O2/c1-26-15(25)6-7-22-18-16-11(10-2-4-12(19)13(20)8-10)3-5-14(21)17(16)23-9-24-18/h2-5,8-9H,6-7H2,1H3,(H,22,23,24). The Labute approximate surface area is 159 Å². The third-order valence-electron chi connectivity index (χ3n) is 3.82. The van der Waals surface area contributed by atoms with Crippen molar-refractivity contribution in [1.82, 2.24) is 9.97 Å². The molecule has 1 aromatic heterocycles. The maximum Gasteiger partial charge on any atom is 0.307 e. The van der Waals surface area contributed by atoms with Crippen molar-refractivity contribution in [1.29, 1.82) is 0 Å². The quantitative estimate of drug-likeness (QED) is 0.635. The van der Waals surface area contributed by atoms with Gasteiger partial charge in [0.1, 0.15) is 23.5 Å². The molecule has 1 N–H and O–H groups in total. The summed E-state index contributed by atoms with van der Waals surface area (Å²) in [6, 6.07) is 8.12. The molecule has 1 heterocycles. The lowest BCUT2D eigenvalue weighted by Crippen LogP contribution is -2.11. The Morgan fingerprint density at radius 1 is 1.19 bits per heavy atom. The van der Waals surface area contributed by atoms with Crippen LogP contribution in [0.25, 0.3) is 22.0 Å². The highest BCUT2D eigenvalue weighted by Gasteiger charge is 2.15. The van der Waals surface area contributed by atoms with Gasteiger partial charge in [0.25, 0.3) is 0 Å². The lowest BCUT2D eigenvalue weighted by Gasteiger charge is -2.13. The van der Waals surface area contributed by atoms with Gasteiger partial charge in [-0.2, -0.15) is 0 Å². The van der Waals surface area contributed by atoms with Gasteiger partial charge in [-0.25, -0.2) is 14.4 Å². The maximum absolute atomic E-state index is 14.3. The Morgan fingerprint density at radius 3 is 2.73 bits per heavy atom. The molecule has 0 spiro atoms. The lowest BCUT2D eigenvalue weighted by atomic mass is 10.0. The molecule has 0 atom stereocenters. The van der Waals surface area contributed by atoms with Crippen molar-refractivity contribution in [2.24, 2.45) is 0 Å². The molecule has 0 saturated heterocycles. The molecule has 0 unspecified atom stereocenters. The molecule has 0 fully saturated rings. The van der Waals surface area contributed by atoms with Crippen LogP contribution in [-0.2, 0) is 9.53 Å². The Bertz CT molecular complexity index is 982. The fraction of sp³-hybridized carbons (Fsp3) is 0.167. The molecule has 8 heteroatoms. The molecule has 134 valence electrons. The van der Waals surface area contributed by atoms with Crippen molar-refractivity contribution >= 4 is 45.9 Å². The molecule has 3 rings (SSSR count). The summed E-state index contributed by atoms with van der Waals surface area (Å²) < 4.78 is 18.9. The van der Waals surface area contributed by atoms with Gasteiger partial charge >= 0.3 is 5.97 Å². The van der Waals surface area contributed by atoms with Gasteiger partial charge in [0.05, 0.1) is 29.0 Å². The summed E-state index contributed by atoms with van der Waals surface area (Å²) in [6.45, 7) is 0.288. The number of rotatable bonds is 5. The summed E-state index contributed by atoms with van der Waals surface area (Å²) >= 11 is 12.1. The zero-order valence-electron chi connectivity index (χ0n) is 13.7. The first-order valence-corrected chi connectivity index (χ1v) is 8.46. The summed E-state index contributed by atoms with van der Waals surface area (Å²) in [6.07, 6.45) is 1.42. The van der Waals surface area contributed by atoms with Crippen LogP contribution < -0.4 is 5.32 Å². The highest BCUT2D eigenvalue weighted by Crippen LogP contribution is 2.35. The number of hydrogen-bond donors (Lipinski definition) is 1. The Balaban J connectivity index is 2.09. The number of nitrogens with zero attached hydrogens (tertiary/aromatic N) is 2. The number of fused-ring (bicyclic) bond motifs is 1. The van der Waals surface area contributed by atoms with Crippen LogP contribution in [0.2, 0.25) is 10.0 Å².